The molecule has 5 nitrogen and oxygen atoms in total. The first kappa shape index (κ1) is 9.90. The summed E-state index contributed by atoms with van der Waals surface area (Å²) in [5.41, 5.74) is 5.13. The molecule has 11 heavy (non-hydrogen) atoms. The highest BCUT2D eigenvalue weighted by atomic mass is 16.5. The zero-order valence-corrected chi connectivity index (χ0v) is 6.40. The van der Waals surface area contributed by atoms with E-state index in [1.165, 1.54) is 13.8 Å². The van der Waals surface area contributed by atoms with E-state index in [9.17, 15) is 9.59 Å². The number of ether oxygens (including phenoxy) is 1. The summed E-state index contributed by atoms with van der Waals surface area (Å²) < 4.78 is 4.53. The van der Waals surface area contributed by atoms with Crippen molar-refractivity contribution in [2.24, 2.45) is 5.73 Å². The maximum atomic E-state index is 10.3. The Morgan fingerprint density at radius 3 is 2.27 bits per heavy atom. The lowest BCUT2D eigenvalue weighted by Gasteiger charge is -2.14. The van der Waals surface area contributed by atoms with Crippen molar-refractivity contribution < 1.29 is 19.4 Å². The van der Waals surface area contributed by atoms with Crippen LogP contribution in [0, 0.1) is 0 Å². The minimum absolute atomic E-state index is 0.533. The molecule has 0 amide bonds. The average Bonchev–Trinajstić information content (AvgIpc) is 1.84. The molecule has 0 aromatic carbocycles. The summed E-state index contributed by atoms with van der Waals surface area (Å²) in [4.78, 5) is 20.5. The molecule has 0 spiro atoms. The van der Waals surface area contributed by atoms with Gasteiger partial charge in [0.15, 0.2) is 0 Å². The first-order valence-electron chi connectivity index (χ1n) is 3.10. The van der Waals surface area contributed by atoms with E-state index < -0.39 is 24.1 Å². The predicted molar refractivity (Wildman–Crippen MR) is 36.8 cm³/mol. The zero-order valence-electron chi connectivity index (χ0n) is 6.40. The Morgan fingerprint density at radius 2 is 2.00 bits per heavy atom. The fourth-order valence-electron chi connectivity index (χ4n) is 0.536. The summed E-state index contributed by atoms with van der Waals surface area (Å²) in [5, 5.41) is 8.35. The molecular formula is C6H11NO4. The van der Waals surface area contributed by atoms with E-state index >= 15 is 0 Å². The lowest BCUT2D eigenvalue weighted by Crippen LogP contribution is -2.42. The Bertz CT molecular complexity index is 168. The molecule has 0 aromatic rings. The monoisotopic (exact) mass is 161 g/mol. The van der Waals surface area contributed by atoms with Gasteiger partial charge in [0.05, 0.1) is 0 Å². The maximum absolute atomic E-state index is 10.3. The van der Waals surface area contributed by atoms with Crippen molar-refractivity contribution in [3.05, 3.63) is 0 Å². The van der Waals surface area contributed by atoms with Crippen molar-refractivity contribution in [2.45, 2.75) is 26.0 Å². The van der Waals surface area contributed by atoms with Gasteiger partial charge in [-0.05, 0) is 6.92 Å². The van der Waals surface area contributed by atoms with Gasteiger partial charge in [-0.2, -0.15) is 0 Å². The number of esters is 1. The van der Waals surface area contributed by atoms with Crippen LogP contribution in [0.25, 0.3) is 0 Å². The van der Waals surface area contributed by atoms with Gasteiger partial charge in [0.1, 0.15) is 12.1 Å². The topological polar surface area (TPSA) is 89.6 Å². The minimum atomic E-state index is -1.18. The minimum Gasteiger partial charge on any atom is -0.480 e. The first-order chi connectivity index (χ1) is 4.95. The molecule has 0 bridgehead atoms. The van der Waals surface area contributed by atoms with Gasteiger partial charge in [-0.3, -0.25) is 9.59 Å². The summed E-state index contributed by atoms with van der Waals surface area (Å²) in [6, 6.07) is -1.15. The molecule has 0 saturated carbocycles. The summed E-state index contributed by atoms with van der Waals surface area (Å²) >= 11 is 0. The van der Waals surface area contributed by atoms with Crippen molar-refractivity contribution >= 4 is 11.9 Å². The molecule has 3 N–H and O–H groups in total. The van der Waals surface area contributed by atoms with Gasteiger partial charge in [0.2, 0.25) is 0 Å². The van der Waals surface area contributed by atoms with Crippen LogP contribution >= 0.6 is 0 Å². The van der Waals surface area contributed by atoms with Gasteiger partial charge in [0.25, 0.3) is 0 Å². The Morgan fingerprint density at radius 1 is 1.55 bits per heavy atom. The SMILES string of the molecule is CC(=O)OC(C)[C@H](N)C(=O)O. The quantitative estimate of drug-likeness (QED) is 0.537. The summed E-state index contributed by atoms with van der Waals surface area (Å²) in [7, 11) is 0. The zero-order chi connectivity index (χ0) is 9.02. The third kappa shape index (κ3) is 3.57. The van der Waals surface area contributed by atoms with Gasteiger partial charge in [-0.15, -0.1) is 0 Å². The Balaban J connectivity index is 3.92. The van der Waals surface area contributed by atoms with Crippen LogP contribution in [0.1, 0.15) is 13.8 Å². The van der Waals surface area contributed by atoms with Gasteiger partial charge in [0, 0.05) is 6.92 Å². The predicted octanol–water partition coefficient (Wildman–Crippen LogP) is -0.650. The van der Waals surface area contributed by atoms with Crippen LogP contribution < -0.4 is 5.73 Å². The molecule has 5 heteroatoms. The van der Waals surface area contributed by atoms with E-state index in [0.29, 0.717) is 0 Å². The lowest BCUT2D eigenvalue weighted by molar-refractivity contribution is -0.151. The van der Waals surface area contributed by atoms with Crippen LogP contribution in [0.5, 0.6) is 0 Å². The molecular weight excluding hydrogens is 150 g/mol. The fourth-order valence-corrected chi connectivity index (χ4v) is 0.536. The third-order valence-corrected chi connectivity index (χ3v) is 1.14. The number of hydrogen-bond donors (Lipinski definition) is 2. The molecule has 1 unspecified atom stereocenters. The molecule has 0 saturated heterocycles. The fraction of sp³-hybridized carbons (Fsp3) is 0.667. The maximum Gasteiger partial charge on any atom is 0.324 e. The van der Waals surface area contributed by atoms with E-state index in [1.54, 1.807) is 0 Å². The number of aliphatic carboxylic acids is 1. The molecule has 0 radical (unpaired) electrons. The van der Waals surface area contributed by atoms with Crippen LogP contribution in [0.4, 0.5) is 0 Å². The molecule has 0 rings (SSSR count). The molecule has 0 aromatic heterocycles. The number of hydrogen-bond acceptors (Lipinski definition) is 4. The number of carbonyl (C=O) groups excluding carboxylic acids is 1. The van der Waals surface area contributed by atoms with Crippen LogP contribution in [0.3, 0.4) is 0 Å². The van der Waals surface area contributed by atoms with E-state index in [-0.39, 0.29) is 0 Å². The van der Waals surface area contributed by atoms with E-state index in [4.69, 9.17) is 10.8 Å². The van der Waals surface area contributed by atoms with Crippen molar-refractivity contribution in [3.8, 4) is 0 Å². The Kier molecular flexibility index (Phi) is 3.53. The number of carboxylic acid groups (broad SMARTS) is 1. The standard InChI is InChI=1S/C6H11NO4/c1-3(11-4(2)8)5(7)6(9)10/h3,5H,7H2,1-2H3,(H,9,10)/t3?,5-/m0/s1. The van der Waals surface area contributed by atoms with Crippen molar-refractivity contribution in [1.29, 1.82) is 0 Å². The summed E-state index contributed by atoms with van der Waals surface area (Å²) in [5.74, 6) is -1.71. The van der Waals surface area contributed by atoms with E-state index in [2.05, 4.69) is 4.74 Å². The van der Waals surface area contributed by atoms with Crippen LogP contribution in [-0.4, -0.2) is 29.2 Å². The highest BCUT2D eigenvalue weighted by molar-refractivity contribution is 5.74. The number of nitrogens with two attached hydrogens (primary N) is 1. The van der Waals surface area contributed by atoms with Crippen LogP contribution in [-0.2, 0) is 14.3 Å². The molecule has 2 atom stereocenters. The highest BCUT2D eigenvalue weighted by Crippen LogP contribution is 1.96. The smallest absolute Gasteiger partial charge is 0.324 e. The molecule has 0 aliphatic heterocycles. The van der Waals surface area contributed by atoms with Crippen molar-refractivity contribution in [3.63, 3.8) is 0 Å². The van der Waals surface area contributed by atoms with E-state index in [0.717, 1.165) is 0 Å². The second-order valence-corrected chi connectivity index (χ2v) is 2.18. The van der Waals surface area contributed by atoms with Gasteiger partial charge >= 0.3 is 11.9 Å². The number of carbonyl (C=O) groups is 2. The molecule has 0 heterocycles. The largest absolute Gasteiger partial charge is 0.480 e. The number of rotatable bonds is 3. The normalized spacial score (nSPS) is 15.2. The lowest BCUT2D eigenvalue weighted by atomic mass is 10.2. The third-order valence-electron chi connectivity index (χ3n) is 1.14. The van der Waals surface area contributed by atoms with Gasteiger partial charge in [-0.1, -0.05) is 0 Å². The molecule has 0 fully saturated rings. The highest BCUT2D eigenvalue weighted by Gasteiger charge is 2.21. The Hall–Kier alpha value is -1.10. The van der Waals surface area contributed by atoms with E-state index in [1.807, 2.05) is 0 Å². The Labute approximate surface area is 64.1 Å². The summed E-state index contributed by atoms with van der Waals surface area (Å²) in [6.07, 6.45) is -0.787. The second-order valence-electron chi connectivity index (χ2n) is 2.18. The number of carboxylic acids is 1. The molecule has 64 valence electrons. The second kappa shape index (κ2) is 3.92. The average molecular weight is 161 g/mol. The van der Waals surface area contributed by atoms with Gasteiger partial charge in [-0.25, -0.2) is 0 Å². The molecule has 0 aliphatic rings. The van der Waals surface area contributed by atoms with Crippen molar-refractivity contribution in [2.75, 3.05) is 0 Å². The first-order valence-corrected chi connectivity index (χ1v) is 3.10. The van der Waals surface area contributed by atoms with Crippen LogP contribution in [0.2, 0.25) is 0 Å². The van der Waals surface area contributed by atoms with Crippen LogP contribution in [0.15, 0.2) is 0 Å². The summed E-state index contributed by atoms with van der Waals surface area (Å²) in [6.45, 7) is 2.63. The molecule has 0 aliphatic carbocycles. The van der Waals surface area contributed by atoms with Gasteiger partial charge < -0.3 is 15.6 Å². The van der Waals surface area contributed by atoms with Crippen molar-refractivity contribution in [1.82, 2.24) is 0 Å².